The third-order valence-corrected chi connectivity index (χ3v) is 1.13. The molecule has 1 rings (SSSR count). The molecule has 1 aromatic rings. The summed E-state index contributed by atoms with van der Waals surface area (Å²) in [7, 11) is 0. The Morgan fingerprint density at radius 3 is 2.10 bits per heavy atom. The van der Waals surface area contributed by atoms with Crippen LogP contribution in [-0.2, 0) is 0 Å². The molecule has 0 amide bonds. The van der Waals surface area contributed by atoms with E-state index in [4.69, 9.17) is 11.6 Å². The van der Waals surface area contributed by atoms with Gasteiger partial charge in [-0.3, -0.25) is 0 Å². The molecule has 10 heavy (non-hydrogen) atoms. The highest BCUT2D eigenvalue weighted by atomic mass is 35.5. The summed E-state index contributed by atoms with van der Waals surface area (Å²) in [6.07, 6.45) is 0. The van der Waals surface area contributed by atoms with Crippen LogP contribution in [0.5, 0.6) is 0 Å². The number of hydrogen-bond donors (Lipinski definition) is 0. The van der Waals surface area contributed by atoms with Crippen molar-refractivity contribution in [2.45, 2.75) is 0 Å². The zero-order valence-corrected chi connectivity index (χ0v) is 6.75. The van der Waals surface area contributed by atoms with Crippen molar-refractivity contribution >= 4 is 29.7 Å². The summed E-state index contributed by atoms with van der Waals surface area (Å²) < 4.78 is 12.2. The van der Waals surface area contributed by atoms with Gasteiger partial charge in [-0.05, 0) is 18.0 Å². The van der Waals surface area contributed by atoms with Gasteiger partial charge in [-0.1, -0.05) is 36.0 Å². The van der Waals surface area contributed by atoms with Gasteiger partial charge in [0, 0.05) is 0 Å². The molecule has 0 heterocycles. The zero-order valence-electron chi connectivity index (χ0n) is 5.18. The molecule has 1 aromatic carbocycles. The molecule has 0 nitrogen and oxygen atoms in total. The van der Waals surface area contributed by atoms with Crippen molar-refractivity contribution < 1.29 is 4.39 Å². The lowest BCUT2D eigenvalue weighted by Gasteiger charge is -1.86. The van der Waals surface area contributed by atoms with Gasteiger partial charge < -0.3 is 0 Å². The fourth-order valence-electron chi connectivity index (χ4n) is 0.439. The summed E-state index contributed by atoms with van der Waals surface area (Å²) in [6, 6.07) is 6.12. The Balaban J connectivity index is 0.000000371. The molecule has 0 saturated carbocycles. The van der Waals surface area contributed by atoms with E-state index in [2.05, 4.69) is 18.1 Å². The fourth-order valence-corrected chi connectivity index (χ4v) is 0.575. The van der Waals surface area contributed by atoms with Crippen LogP contribution in [0, 0.1) is 5.82 Å². The SMILES string of the molecule is C=S.Fc1ccccc1Cl. The first-order valence-corrected chi connectivity index (χ1v) is 3.45. The quantitative estimate of drug-likeness (QED) is 0.548. The Morgan fingerprint density at radius 2 is 1.80 bits per heavy atom. The minimum absolute atomic E-state index is 0.174. The van der Waals surface area contributed by atoms with E-state index in [0.717, 1.165) is 0 Å². The fraction of sp³-hybridized carbons (Fsp3) is 0. The van der Waals surface area contributed by atoms with Crippen molar-refractivity contribution in [3.05, 3.63) is 35.1 Å². The van der Waals surface area contributed by atoms with Crippen molar-refractivity contribution in [3.8, 4) is 0 Å². The summed E-state index contributed by atoms with van der Waals surface area (Å²) >= 11 is 9.17. The maximum Gasteiger partial charge on any atom is 0.141 e. The van der Waals surface area contributed by atoms with Crippen LogP contribution in [0.1, 0.15) is 0 Å². The minimum atomic E-state index is -0.367. The van der Waals surface area contributed by atoms with Gasteiger partial charge in [-0.15, -0.1) is 0 Å². The molecular formula is C7H6ClFS. The normalized spacial score (nSPS) is 7.80. The van der Waals surface area contributed by atoms with E-state index >= 15 is 0 Å². The topological polar surface area (TPSA) is 0 Å². The Morgan fingerprint density at radius 1 is 1.30 bits per heavy atom. The largest absolute Gasteiger partial charge is 0.205 e. The van der Waals surface area contributed by atoms with Crippen LogP contribution in [0.3, 0.4) is 0 Å². The molecule has 3 heteroatoms. The molecule has 0 radical (unpaired) electrons. The van der Waals surface area contributed by atoms with Gasteiger partial charge >= 0.3 is 0 Å². The first kappa shape index (κ1) is 9.53. The van der Waals surface area contributed by atoms with Crippen LogP contribution >= 0.6 is 23.8 Å². The minimum Gasteiger partial charge on any atom is -0.205 e. The van der Waals surface area contributed by atoms with Gasteiger partial charge in [-0.25, -0.2) is 4.39 Å². The molecule has 0 atom stereocenters. The Hall–Kier alpha value is -0.470. The van der Waals surface area contributed by atoms with E-state index in [9.17, 15) is 4.39 Å². The monoisotopic (exact) mass is 176 g/mol. The highest BCUT2D eigenvalue weighted by Gasteiger charge is 1.91. The predicted molar refractivity (Wildman–Crippen MR) is 46.1 cm³/mol. The van der Waals surface area contributed by atoms with Crippen LogP contribution in [0.2, 0.25) is 5.02 Å². The Kier molecular flexibility index (Phi) is 5.08. The van der Waals surface area contributed by atoms with Crippen LogP contribution in [-0.4, -0.2) is 5.87 Å². The van der Waals surface area contributed by atoms with E-state index in [-0.39, 0.29) is 10.8 Å². The van der Waals surface area contributed by atoms with Crippen molar-refractivity contribution in [1.82, 2.24) is 0 Å². The average molecular weight is 177 g/mol. The van der Waals surface area contributed by atoms with Gasteiger partial charge in [0.15, 0.2) is 0 Å². The number of halogens is 2. The lowest BCUT2D eigenvalue weighted by Crippen LogP contribution is -1.70. The molecule has 54 valence electrons. The van der Waals surface area contributed by atoms with Gasteiger partial charge in [0.2, 0.25) is 0 Å². The highest BCUT2D eigenvalue weighted by Crippen LogP contribution is 2.11. The van der Waals surface area contributed by atoms with Crippen molar-refractivity contribution in [1.29, 1.82) is 0 Å². The maximum absolute atomic E-state index is 12.2. The summed E-state index contributed by atoms with van der Waals surface area (Å²) in [5, 5.41) is 0.174. The number of rotatable bonds is 0. The molecule has 0 fully saturated rings. The van der Waals surface area contributed by atoms with Crippen LogP contribution in [0.15, 0.2) is 24.3 Å². The molecule has 0 spiro atoms. The van der Waals surface area contributed by atoms with E-state index in [0.29, 0.717) is 0 Å². The first-order chi connectivity index (χ1) is 4.80. The predicted octanol–water partition coefficient (Wildman–Crippen LogP) is 3.10. The van der Waals surface area contributed by atoms with E-state index in [1.54, 1.807) is 12.1 Å². The lowest BCUT2D eigenvalue weighted by molar-refractivity contribution is 0.628. The molecule has 0 aromatic heterocycles. The van der Waals surface area contributed by atoms with E-state index in [1.807, 2.05) is 0 Å². The lowest BCUT2D eigenvalue weighted by atomic mass is 10.4. The number of benzene rings is 1. The second-order valence-electron chi connectivity index (χ2n) is 1.41. The van der Waals surface area contributed by atoms with Crippen LogP contribution < -0.4 is 0 Å². The maximum atomic E-state index is 12.2. The zero-order chi connectivity index (χ0) is 7.98. The molecule has 0 aliphatic rings. The average Bonchev–Trinajstić information content (AvgIpc) is 2.00. The van der Waals surface area contributed by atoms with Crippen molar-refractivity contribution in [2.75, 3.05) is 0 Å². The standard InChI is InChI=1S/C6H4ClF.CH2S/c7-5-3-1-2-4-6(5)8;1-2/h1-4H;1H2. The Bertz CT molecular complexity index is 182. The second kappa shape index (κ2) is 5.33. The molecule has 0 unspecified atom stereocenters. The van der Waals surface area contributed by atoms with Crippen LogP contribution in [0.25, 0.3) is 0 Å². The smallest absolute Gasteiger partial charge is 0.141 e. The highest BCUT2D eigenvalue weighted by molar-refractivity contribution is 7.77. The van der Waals surface area contributed by atoms with Gasteiger partial charge in [-0.2, -0.15) is 0 Å². The number of hydrogen-bond acceptors (Lipinski definition) is 1. The molecule has 0 saturated heterocycles. The molecule has 0 aliphatic carbocycles. The van der Waals surface area contributed by atoms with E-state index in [1.165, 1.54) is 12.1 Å². The van der Waals surface area contributed by atoms with Crippen LogP contribution in [0.4, 0.5) is 4.39 Å². The second-order valence-corrected chi connectivity index (χ2v) is 1.82. The third-order valence-electron chi connectivity index (χ3n) is 0.824. The van der Waals surface area contributed by atoms with E-state index < -0.39 is 0 Å². The van der Waals surface area contributed by atoms with Crippen molar-refractivity contribution in [2.24, 2.45) is 0 Å². The first-order valence-electron chi connectivity index (χ1n) is 2.49. The number of thiocarbonyl (C=S) groups is 1. The van der Waals surface area contributed by atoms with Gasteiger partial charge in [0.05, 0.1) is 5.02 Å². The summed E-state index contributed by atoms with van der Waals surface area (Å²) in [5.41, 5.74) is 0. The molecule has 0 bridgehead atoms. The Labute approximate surface area is 69.6 Å². The summed E-state index contributed by atoms with van der Waals surface area (Å²) in [6.45, 7) is 0. The summed E-state index contributed by atoms with van der Waals surface area (Å²) in [5.74, 6) is 2.47. The van der Waals surface area contributed by atoms with Gasteiger partial charge in [0.25, 0.3) is 0 Å². The van der Waals surface area contributed by atoms with Gasteiger partial charge in [0.1, 0.15) is 5.82 Å². The molecule has 0 N–H and O–H groups in total. The molecular weight excluding hydrogens is 171 g/mol. The summed E-state index contributed by atoms with van der Waals surface area (Å²) in [4.78, 5) is 0. The molecule has 0 aliphatic heterocycles. The van der Waals surface area contributed by atoms with Crippen molar-refractivity contribution in [3.63, 3.8) is 0 Å². The third kappa shape index (κ3) is 2.90.